The van der Waals surface area contributed by atoms with E-state index in [0.29, 0.717) is 0 Å². The van der Waals surface area contributed by atoms with Gasteiger partial charge in [-0.05, 0) is 39.5 Å². The van der Waals surface area contributed by atoms with Crippen molar-refractivity contribution in [3.8, 4) is 0 Å². The number of hydrogen-bond acceptors (Lipinski definition) is 2. The Kier molecular flexibility index (Phi) is 4.43. The molecule has 0 radical (unpaired) electrons. The molecule has 90 valence electrons. The van der Waals surface area contributed by atoms with Crippen LogP contribution in [0.4, 0.5) is 0 Å². The normalized spacial score (nSPS) is 13.9. The van der Waals surface area contributed by atoms with Gasteiger partial charge in [0.2, 0.25) is 0 Å². The lowest BCUT2D eigenvalue weighted by atomic mass is 9.83. The first-order valence-corrected chi connectivity index (χ1v) is 6.05. The number of alkyl halides is 1. The first kappa shape index (κ1) is 14.9. The summed E-state index contributed by atoms with van der Waals surface area (Å²) in [6.07, 6.45) is 0.842. The number of carbonyl (C=O) groups excluding carboxylic acids is 1. The van der Waals surface area contributed by atoms with Gasteiger partial charge in [0.05, 0.1) is 0 Å². The molecule has 0 fully saturated rings. The summed E-state index contributed by atoms with van der Waals surface area (Å²) in [4.78, 5) is 11.7. The molecular weight excluding hydrogens is 256 g/mol. The minimum absolute atomic E-state index is 0.153. The maximum absolute atomic E-state index is 11.7. The van der Waals surface area contributed by atoms with E-state index in [-0.39, 0.29) is 11.4 Å². The van der Waals surface area contributed by atoms with Crippen LogP contribution in [0, 0.1) is 5.41 Å². The van der Waals surface area contributed by atoms with Gasteiger partial charge in [-0.25, -0.2) is 0 Å². The molecule has 0 spiro atoms. The molecule has 0 atom stereocenters. The minimum atomic E-state index is -0.609. The first-order valence-electron chi connectivity index (χ1n) is 5.26. The van der Waals surface area contributed by atoms with Crippen molar-refractivity contribution < 1.29 is 9.53 Å². The maximum atomic E-state index is 11.7. The lowest BCUT2D eigenvalue weighted by molar-refractivity contribution is -0.160. The predicted octanol–water partition coefficient (Wildman–Crippen LogP) is 3.92. The van der Waals surface area contributed by atoms with Gasteiger partial charge in [0.1, 0.15) is 9.93 Å². The molecule has 0 aliphatic heterocycles. The highest BCUT2D eigenvalue weighted by Crippen LogP contribution is 2.31. The zero-order valence-corrected chi connectivity index (χ0v) is 12.5. The van der Waals surface area contributed by atoms with Gasteiger partial charge in [0.25, 0.3) is 0 Å². The maximum Gasteiger partial charge on any atom is 0.322 e. The standard InChI is InChI=1S/C12H23BrO2/c1-10(2,3)8-11(4,5)15-9(14)12(6,7)13/h8H2,1-7H3. The summed E-state index contributed by atoms with van der Waals surface area (Å²) in [5, 5.41) is 0. The van der Waals surface area contributed by atoms with Crippen LogP contribution in [0.5, 0.6) is 0 Å². The Balaban J connectivity index is 4.46. The van der Waals surface area contributed by atoms with Crippen molar-refractivity contribution in [3.05, 3.63) is 0 Å². The number of esters is 1. The third-order valence-corrected chi connectivity index (χ3v) is 2.13. The SMILES string of the molecule is CC(C)(C)CC(C)(C)OC(=O)C(C)(C)Br. The van der Waals surface area contributed by atoms with Crippen LogP contribution in [-0.4, -0.2) is 15.9 Å². The van der Waals surface area contributed by atoms with Crippen LogP contribution in [0.2, 0.25) is 0 Å². The van der Waals surface area contributed by atoms with Crippen LogP contribution in [-0.2, 0) is 9.53 Å². The lowest BCUT2D eigenvalue weighted by Gasteiger charge is -2.33. The fraction of sp³-hybridized carbons (Fsp3) is 0.917. The molecule has 0 aromatic heterocycles. The van der Waals surface area contributed by atoms with Gasteiger partial charge in [-0.1, -0.05) is 36.7 Å². The topological polar surface area (TPSA) is 26.3 Å². The third kappa shape index (κ3) is 6.93. The van der Waals surface area contributed by atoms with Crippen molar-refractivity contribution in [1.29, 1.82) is 0 Å². The molecule has 0 N–H and O–H groups in total. The van der Waals surface area contributed by atoms with Crippen LogP contribution in [0.15, 0.2) is 0 Å². The van der Waals surface area contributed by atoms with Crippen molar-refractivity contribution in [2.24, 2.45) is 5.41 Å². The van der Waals surface area contributed by atoms with Crippen LogP contribution in [0.3, 0.4) is 0 Å². The zero-order valence-electron chi connectivity index (χ0n) is 10.9. The number of carbonyl (C=O) groups is 1. The van der Waals surface area contributed by atoms with Crippen molar-refractivity contribution in [2.45, 2.75) is 64.8 Å². The highest BCUT2D eigenvalue weighted by atomic mass is 79.9. The van der Waals surface area contributed by atoms with E-state index in [0.717, 1.165) is 6.42 Å². The molecule has 0 aliphatic carbocycles. The van der Waals surface area contributed by atoms with E-state index in [1.54, 1.807) is 13.8 Å². The molecule has 0 heterocycles. The average molecular weight is 279 g/mol. The summed E-state index contributed by atoms with van der Waals surface area (Å²) < 4.78 is 4.88. The minimum Gasteiger partial charge on any atom is -0.459 e. The molecule has 0 bridgehead atoms. The van der Waals surface area contributed by atoms with E-state index < -0.39 is 9.93 Å². The monoisotopic (exact) mass is 278 g/mol. The Bertz CT molecular complexity index is 231. The van der Waals surface area contributed by atoms with Crippen LogP contribution < -0.4 is 0 Å². The van der Waals surface area contributed by atoms with Gasteiger partial charge in [-0.15, -0.1) is 0 Å². The summed E-state index contributed by atoms with van der Waals surface area (Å²) in [6, 6.07) is 0. The molecule has 0 amide bonds. The molecule has 15 heavy (non-hydrogen) atoms. The fourth-order valence-electron chi connectivity index (χ4n) is 1.69. The molecule has 0 saturated heterocycles. The second kappa shape index (κ2) is 4.44. The van der Waals surface area contributed by atoms with E-state index in [1.807, 2.05) is 13.8 Å². The highest BCUT2D eigenvalue weighted by molar-refractivity contribution is 9.10. The molecule has 0 aliphatic rings. The summed E-state index contributed by atoms with van der Waals surface area (Å²) in [5.74, 6) is -0.211. The number of hydrogen-bond donors (Lipinski definition) is 0. The van der Waals surface area contributed by atoms with Gasteiger partial charge in [-0.2, -0.15) is 0 Å². The average Bonchev–Trinajstić information content (AvgIpc) is 1.76. The number of ether oxygens (including phenoxy) is 1. The Morgan fingerprint density at radius 2 is 1.47 bits per heavy atom. The van der Waals surface area contributed by atoms with E-state index in [2.05, 4.69) is 36.7 Å². The smallest absolute Gasteiger partial charge is 0.322 e. The highest BCUT2D eigenvalue weighted by Gasteiger charge is 2.34. The molecule has 3 heteroatoms. The zero-order chi connectivity index (χ0) is 12.5. The van der Waals surface area contributed by atoms with Gasteiger partial charge in [0, 0.05) is 0 Å². The van der Waals surface area contributed by atoms with Crippen molar-refractivity contribution in [1.82, 2.24) is 0 Å². The van der Waals surface area contributed by atoms with Gasteiger partial charge < -0.3 is 4.74 Å². The number of rotatable bonds is 3. The largest absolute Gasteiger partial charge is 0.459 e. The Hall–Kier alpha value is -0.0500. The Morgan fingerprint density at radius 1 is 1.07 bits per heavy atom. The molecule has 0 rings (SSSR count). The van der Waals surface area contributed by atoms with Gasteiger partial charge in [-0.3, -0.25) is 4.79 Å². The molecule has 0 aromatic carbocycles. The lowest BCUT2D eigenvalue weighted by Crippen LogP contribution is -2.38. The van der Waals surface area contributed by atoms with Gasteiger partial charge >= 0.3 is 5.97 Å². The van der Waals surface area contributed by atoms with E-state index in [9.17, 15) is 4.79 Å². The van der Waals surface area contributed by atoms with Crippen molar-refractivity contribution in [2.75, 3.05) is 0 Å². The van der Waals surface area contributed by atoms with Gasteiger partial charge in [0.15, 0.2) is 0 Å². The second-order valence-electron chi connectivity index (χ2n) is 6.36. The van der Waals surface area contributed by atoms with E-state index in [4.69, 9.17) is 4.74 Å². The fourth-order valence-corrected chi connectivity index (χ4v) is 1.77. The molecule has 0 aromatic rings. The first-order chi connectivity index (χ1) is 6.33. The summed E-state index contributed by atoms with van der Waals surface area (Å²) in [7, 11) is 0. The van der Waals surface area contributed by atoms with Crippen molar-refractivity contribution in [3.63, 3.8) is 0 Å². The molecule has 0 saturated carbocycles. The quantitative estimate of drug-likeness (QED) is 0.578. The Labute approximate surface area is 102 Å². The van der Waals surface area contributed by atoms with Crippen LogP contribution >= 0.6 is 15.9 Å². The second-order valence-corrected chi connectivity index (χ2v) is 8.34. The van der Waals surface area contributed by atoms with Crippen LogP contribution in [0.25, 0.3) is 0 Å². The summed E-state index contributed by atoms with van der Waals surface area (Å²) >= 11 is 3.30. The van der Waals surface area contributed by atoms with Crippen molar-refractivity contribution >= 4 is 21.9 Å². The van der Waals surface area contributed by atoms with Crippen LogP contribution in [0.1, 0.15) is 54.9 Å². The van der Waals surface area contributed by atoms with E-state index in [1.165, 1.54) is 0 Å². The molecule has 2 nitrogen and oxygen atoms in total. The Morgan fingerprint density at radius 3 is 1.73 bits per heavy atom. The summed E-state index contributed by atoms with van der Waals surface area (Å²) in [5.41, 5.74) is -0.263. The van der Waals surface area contributed by atoms with E-state index >= 15 is 0 Å². The molecule has 0 unspecified atom stereocenters. The summed E-state index contributed by atoms with van der Waals surface area (Å²) in [6.45, 7) is 13.9. The third-order valence-electron chi connectivity index (χ3n) is 1.81. The molecular formula is C12H23BrO2. The number of halogens is 1. The predicted molar refractivity (Wildman–Crippen MR) is 67.2 cm³/mol.